The van der Waals surface area contributed by atoms with Crippen molar-refractivity contribution in [2.45, 2.75) is 13.2 Å². The van der Waals surface area contributed by atoms with Gasteiger partial charge < -0.3 is 10.1 Å². The minimum Gasteiger partial charge on any atom is -0.488 e. The molecule has 0 aliphatic heterocycles. The van der Waals surface area contributed by atoms with Crippen LogP contribution in [-0.2, 0) is 13.2 Å². The van der Waals surface area contributed by atoms with Crippen molar-refractivity contribution in [1.82, 2.24) is 10.7 Å². The smallest absolute Gasteiger partial charge is 0.187 e. The maximum Gasteiger partial charge on any atom is 0.187 e. The summed E-state index contributed by atoms with van der Waals surface area (Å²) in [5.41, 5.74) is 5.88. The number of benzene rings is 3. The van der Waals surface area contributed by atoms with Gasteiger partial charge in [0.25, 0.3) is 0 Å². The van der Waals surface area contributed by atoms with Gasteiger partial charge in [-0.1, -0.05) is 66.2 Å². The summed E-state index contributed by atoms with van der Waals surface area (Å²) in [7, 11) is 0. The minimum absolute atomic E-state index is 0.451. The van der Waals surface area contributed by atoms with Crippen LogP contribution in [0.3, 0.4) is 0 Å². The van der Waals surface area contributed by atoms with E-state index in [1.807, 2.05) is 78.9 Å². The highest BCUT2D eigenvalue weighted by molar-refractivity contribution is 7.80. The first-order valence-corrected chi connectivity index (χ1v) is 9.56. The van der Waals surface area contributed by atoms with Crippen LogP contribution in [0, 0.1) is 0 Å². The van der Waals surface area contributed by atoms with Crippen molar-refractivity contribution in [3.8, 4) is 5.75 Å². The number of hydrogen-bond donors (Lipinski definition) is 2. The van der Waals surface area contributed by atoms with Crippen molar-refractivity contribution < 1.29 is 4.74 Å². The number of ether oxygens (including phenoxy) is 1. The van der Waals surface area contributed by atoms with E-state index in [1.54, 1.807) is 6.21 Å². The molecule has 0 heterocycles. The molecule has 0 aromatic heterocycles. The molecule has 3 aromatic rings. The second-order valence-electron chi connectivity index (χ2n) is 5.99. The maximum absolute atomic E-state index is 5.92. The van der Waals surface area contributed by atoms with Gasteiger partial charge in [-0.2, -0.15) is 5.10 Å². The van der Waals surface area contributed by atoms with E-state index in [1.165, 1.54) is 0 Å². The van der Waals surface area contributed by atoms with Gasteiger partial charge in [-0.25, -0.2) is 0 Å². The summed E-state index contributed by atoms with van der Waals surface area (Å²) in [5.74, 6) is 0.742. The third-order valence-electron chi connectivity index (χ3n) is 3.89. The fourth-order valence-corrected chi connectivity index (χ4v) is 2.69. The van der Waals surface area contributed by atoms with Crippen LogP contribution >= 0.6 is 23.8 Å². The van der Waals surface area contributed by atoms with E-state index in [9.17, 15) is 0 Å². The van der Waals surface area contributed by atoms with E-state index in [2.05, 4.69) is 15.8 Å². The third kappa shape index (κ3) is 6.37. The highest BCUT2D eigenvalue weighted by Gasteiger charge is 2.02. The topological polar surface area (TPSA) is 45.7 Å². The lowest BCUT2D eigenvalue weighted by atomic mass is 10.2. The summed E-state index contributed by atoms with van der Waals surface area (Å²) in [4.78, 5) is 0. The molecule has 0 amide bonds. The third-order valence-corrected chi connectivity index (χ3v) is 4.38. The first-order chi connectivity index (χ1) is 13.7. The van der Waals surface area contributed by atoms with Gasteiger partial charge in [0.05, 0.1) is 6.21 Å². The van der Waals surface area contributed by atoms with Gasteiger partial charge in [0.2, 0.25) is 0 Å². The van der Waals surface area contributed by atoms with Crippen LogP contribution in [0.5, 0.6) is 5.75 Å². The Morgan fingerprint density at radius 1 is 0.929 bits per heavy atom. The Morgan fingerprint density at radius 2 is 1.64 bits per heavy atom. The molecule has 0 saturated carbocycles. The van der Waals surface area contributed by atoms with Crippen LogP contribution in [0.1, 0.15) is 16.7 Å². The number of hydrogen-bond acceptors (Lipinski definition) is 3. The molecular formula is C22H20ClN3OS. The van der Waals surface area contributed by atoms with E-state index in [0.717, 1.165) is 22.4 Å². The van der Waals surface area contributed by atoms with Crippen molar-refractivity contribution in [1.29, 1.82) is 0 Å². The lowest BCUT2D eigenvalue weighted by molar-refractivity contribution is 0.306. The number of rotatable bonds is 7. The quantitative estimate of drug-likeness (QED) is 0.330. The zero-order valence-electron chi connectivity index (χ0n) is 15.1. The van der Waals surface area contributed by atoms with Crippen LogP contribution in [0.4, 0.5) is 0 Å². The van der Waals surface area contributed by atoms with Crippen molar-refractivity contribution in [3.05, 3.63) is 101 Å². The average molecular weight is 410 g/mol. The number of halogens is 1. The van der Waals surface area contributed by atoms with Crippen LogP contribution in [0.2, 0.25) is 5.02 Å². The predicted molar refractivity (Wildman–Crippen MR) is 119 cm³/mol. The normalized spacial score (nSPS) is 10.6. The summed E-state index contributed by atoms with van der Waals surface area (Å²) in [5, 5.41) is 8.49. The number of nitrogens with one attached hydrogen (secondary N) is 2. The highest BCUT2D eigenvalue weighted by Crippen LogP contribution is 2.18. The van der Waals surface area contributed by atoms with Gasteiger partial charge in [-0.15, -0.1) is 0 Å². The van der Waals surface area contributed by atoms with Crippen molar-refractivity contribution in [2.75, 3.05) is 0 Å². The van der Waals surface area contributed by atoms with E-state index < -0.39 is 0 Å². The summed E-state index contributed by atoms with van der Waals surface area (Å²) < 4.78 is 5.92. The van der Waals surface area contributed by atoms with Crippen LogP contribution in [-0.4, -0.2) is 11.3 Å². The Morgan fingerprint density at radius 3 is 2.43 bits per heavy atom. The van der Waals surface area contributed by atoms with Gasteiger partial charge in [0.1, 0.15) is 12.4 Å². The molecule has 0 spiro atoms. The van der Waals surface area contributed by atoms with Gasteiger partial charge in [0.15, 0.2) is 5.11 Å². The molecule has 3 aromatic carbocycles. The second-order valence-corrected chi connectivity index (χ2v) is 6.84. The number of thiocarbonyl (C=S) groups is 1. The van der Waals surface area contributed by atoms with Gasteiger partial charge in [-0.3, -0.25) is 5.43 Å². The molecule has 0 fully saturated rings. The molecule has 0 radical (unpaired) electrons. The molecule has 0 bridgehead atoms. The Bertz CT molecular complexity index is 930. The standard InChI is InChI=1S/C22H20ClN3OS/c23-20-12-10-18(11-13-20)16-27-21-9-5-4-8-19(21)15-25-26-22(28)24-14-17-6-2-1-3-7-17/h1-13,15H,14,16H2,(H2,24,26,28)/b25-15+. The molecule has 2 N–H and O–H groups in total. The molecule has 4 nitrogen and oxygen atoms in total. The molecule has 0 aliphatic carbocycles. The lowest BCUT2D eigenvalue weighted by Gasteiger charge is -2.10. The zero-order chi connectivity index (χ0) is 19.6. The fourth-order valence-electron chi connectivity index (χ4n) is 2.44. The summed E-state index contributed by atoms with van der Waals surface area (Å²) in [6, 6.07) is 25.3. The van der Waals surface area contributed by atoms with Crippen molar-refractivity contribution in [3.63, 3.8) is 0 Å². The zero-order valence-corrected chi connectivity index (χ0v) is 16.7. The highest BCUT2D eigenvalue weighted by atomic mass is 35.5. The number of hydrazone groups is 1. The Balaban J connectivity index is 1.52. The molecule has 3 rings (SSSR count). The number of nitrogens with zero attached hydrogens (tertiary/aromatic N) is 1. The number of para-hydroxylation sites is 1. The largest absolute Gasteiger partial charge is 0.488 e. The molecular weight excluding hydrogens is 390 g/mol. The van der Waals surface area contributed by atoms with E-state index >= 15 is 0 Å². The van der Waals surface area contributed by atoms with Gasteiger partial charge in [0, 0.05) is 17.1 Å². The summed E-state index contributed by atoms with van der Waals surface area (Å²) >= 11 is 11.2. The maximum atomic E-state index is 5.92. The van der Waals surface area contributed by atoms with Crippen molar-refractivity contribution >= 4 is 35.1 Å². The fraction of sp³-hybridized carbons (Fsp3) is 0.0909. The molecule has 6 heteroatoms. The molecule has 142 valence electrons. The van der Waals surface area contributed by atoms with E-state index in [-0.39, 0.29) is 0 Å². The molecule has 0 atom stereocenters. The Labute approximate surface area is 175 Å². The summed E-state index contributed by atoms with van der Waals surface area (Å²) in [6.07, 6.45) is 1.69. The van der Waals surface area contributed by atoms with E-state index in [4.69, 9.17) is 28.6 Å². The lowest BCUT2D eigenvalue weighted by Crippen LogP contribution is -2.31. The van der Waals surface area contributed by atoms with Crippen molar-refractivity contribution in [2.24, 2.45) is 5.10 Å². The Hall–Kier alpha value is -2.89. The van der Waals surface area contributed by atoms with Gasteiger partial charge in [-0.05, 0) is 47.6 Å². The first-order valence-electron chi connectivity index (χ1n) is 8.78. The monoisotopic (exact) mass is 409 g/mol. The molecule has 28 heavy (non-hydrogen) atoms. The Kier molecular flexibility index (Phi) is 7.41. The second kappa shape index (κ2) is 10.4. The molecule has 0 saturated heterocycles. The van der Waals surface area contributed by atoms with Crippen LogP contribution in [0.15, 0.2) is 84.0 Å². The molecule has 0 aliphatic rings. The van der Waals surface area contributed by atoms with Crippen LogP contribution in [0.25, 0.3) is 0 Å². The average Bonchev–Trinajstić information content (AvgIpc) is 2.73. The van der Waals surface area contributed by atoms with Gasteiger partial charge >= 0.3 is 0 Å². The van der Waals surface area contributed by atoms with Crippen LogP contribution < -0.4 is 15.5 Å². The summed E-state index contributed by atoms with van der Waals surface area (Å²) in [6.45, 7) is 1.09. The predicted octanol–water partition coefficient (Wildman–Crippen LogP) is 4.92. The van der Waals surface area contributed by atoms with E-state index in [0.29, 0.717) is 23.3 Å². The molecule has 0 unspecified atom stereocenters. The SMILES string of the molecule is S=C(NCc1ccccc1)N/N=C/c1ccccc1OCc1ccc(Cl)cc1. The minimum atomic E-state index is 0.451. The first kappa shape index (κ1) is 19.9.